The zero-order chi connectivity index (χ0) is 10.1. The second kappa shape index (κ2) is 4.13. The molecule has 0 aliphatic heterocycles. The molecule has 2 rings (SSSR count). The van der Waals surface area contributed by atoms with Gasteiger partial charge in [0.25, 0.3) is 0 Å². The Morgan fingerprint density at radius 2 is 2.14 bits per heavy atom. The molecule has 0 nitrogen and oxygen atoms in total. The molecule has 0 unspecified atom stereocenters. The summed E-state index contributed by atoms with van der Waals surface area (Å²) in [6.45, 7) is 2.12. The highest BCUT2D eigenvalue weighted by atomic mass is 35.5. The molecule has 0 saturated carbocycles. The molecule has 0 fully saturated rings. The maximum Gasteiger partial charge on any atom is 0.0608 e. The molecule has 0 saturated heterocycles. The summed E-state index contributed by atoms with van der Waals surface area (Å²) in [7, 11) is 0. The van der Waals surface area contributed by atoms with Gasteiger partial charge in [-0.1, -0.05) is 6.07 Å². The number of thioether (sulfide) groups is 1. The van der Waals surface area contributed by atoms with Crippen LogP contribution in [0.3, 0.4) is 0 Å². The van der Waals surface area contributed by atoms with Crippen LogP contribution in [0.4, 0.5) is 0 Å². The number of rotatable bonds is 2. The van der Waals surface area contributed by atoms with Crippen molar-refractivity contribution in [2.45, 2.75) is 17.0 Å². The van der Waals surface area contributed by atoms with Gasteiger partial charge in [0.15, 0.2) is 0 Å². The summed E-state index contributed by atoms with van der Waals surface area (Å²) in [5.74, 6) is 0.600. The van der Waals surface area contributed by atoms with Crippen LogP contribution < -0.4 is 0 Å². The van der Waals surface area contributed by atoms with Gasteiger partial charge in [0.2, 0.25) is 0 Å². The number of alkyl halides is 1. The number of fused-ring (bicyclic) bond motifs is 1. The number of hydrogen-bond donors (Lipinski definition) is 0. The minimum Gasteiger partial charge on any atom is -0.129 e. The van der Waals surface area contributed by atoms with Crippen LogP contribution in [-0.2, 0) is 5.88 Å². The van der Waals surface area contributed by atoms with E-state index in [-0.39, 0.29) is 0 Å². The van der Waals surface area contributed by atoms with Crippen molar-refractivity contribution in [1.29, 1.82) is 0 Å². The normalized spacial score (nSPS) is 11.1. The van der Waals surface area contributed by atoms with Crippen LogP contribution in [0.2, 0.25) is 0 Å². The molecule has 0 N–H and O–H groups in total. The molecule has 1 heterocycles. The predicted octanol–water partition coefficient (Wildman–Crippen LogP) is 4.67. The number of benzene rings is 1. The Morgan fingerprint density at radius 1 is 1.36 bits per heavy atom. The maximum absolute atomic E-state index is 5.93. The number of aryl methyl sites for hydroxylation is 1. The highest BCUT2D eigenvalue weighted by Crippen LogP contribution is 2.34. The molecule has 1 aromatic carbocycles. The topological polar surface area (TPSA) is 0 Å². The third-order valence-corrected chi connectivity index (χ3v) is 4.62. The van der Waals surface area contributed by atoms with Gasteiger partial charge in [0, 0.05) is 10.6 Å². The van der Waals surface area contributed by atoms with Crippen molar-refractivity contribution in [2.24, 2.45) is 0 Å². The fourth-order valence-corrected chi connectivity index (χ4v) is 3.55. The molecule has 0 spiro atoms. The van der Waals surface area contributed by atoms with E-state index < -0.39 is 0 Å². The first-order valence-electron chi connectivity index (χ1n) is 4.37. The first-order valence-corrected chi connectivity index (χ1v) is 6.95. The number of hydrogen-bond acceptors (Lipinski definition) is 2. The standard InChI is InChI=1S/C11H11ClS2/c1-7-3-8(6-12)9-5-11(13-2)14-10(9)4-7/h3-5H,6H2,1-2H3. The molecule has 14 heavy (non-hydrogen) atoms. The monoisotopic (exact) mass is 242 g/mol. The van der Waals surface area contributed by atoms with Gasteiger partial charge in [0.1, 0.15) is 0 Å². The van der Waals surface area contributed by atoms with E-state index in [0.29, 0.717) is 5.88 Å². The number of halogens is 1. The van der Waals surface area contributed by atoms with E-state index in [1.165, 1.54) is 25.4 Å². The lowest BCUT2D eigenvalue weighted by molar-refractivity contribution is 1.40. The van der Waals surface area contributed by atoms with E-state index >= 15 is 0 Å². The molecule has 0 aliphatic carbocycles. The Balaban J connectivity index is 2.71. The Hall–Kier alpha value is -0.180. The molecule has 0 atom stereocenters. The smallest absolute Gasteiger partial charge is 0.0608 e. The van der Waals surface area contributed by atoms with Crippen molar-refractivity contribution in [2.75, 3.05) is 6.26 Å². The van der Waals surface area contributed by atoms with E-state index in [0.717, 1.165) is 0 Å². The summed E-state index contributed by atoms with van der Waals surface area (Å²) in [4.78, 5) is 0. The summed E-state index contributed by atoms with van der Waals surface area (Å²) in [6, 6.07) is 6.64. The minimum atomic E-state index is 0.600. The molecule has 2 aromatic rings. The SMILES string of the molecule is CSc1cc2c(CCl)cc(C)cc2s1. The average Bonchev–Trinajstić information content (AvgIpc) is 2.59. The van der Waals surface area contributed by atoms with Crippen molar-refractivity contribution in [3.05, 3.63) is 29.3 Å². The molecule has 0 radical (unpaired) electrons. The molecule has 0 aliphatic rings. The Labute approximate surface area is 97.3 Å². The zero-order valence-corrected chi connectivity index (χ0v) is 10.5. The van der Waals surface area contributed by atoms with Crippen LogP contribution >= 0.6 is 34.7 Å². The number of thiophene rings is 1. The van der Waals surface area contributed by atoms with E-state index in [9.17, 15) is 0 Å². The van der Waals surface area contributed by atoms with Crippen LogP contribution in [0, 0.1) is 6.92 Å². The fraction of sp³-hybridized carbons (Fsp3) is 0.273. The van der Waals surface area contributed by atoms with Gasteiger partial charge in [-0.25, -0.2) is 0 Å². The van der Waals surface area contributed by atoms with Gasteiger partial charge in [-0.2, -0.15) is 0 Å². The first-order chi connectivity index (χ1) is 6.74. The quantitative estimate of drug-likeness (QED) is 0.545. The van der Waals surface area contributed by atoms with Crippen LogP contribution in [-0.4, -0.2) is 6.26 Å². The summed E-state index contributed by atoms with van der Waals surface area (Å²) in [6.07, 6.45) is 2.11. The zero-order valence-electron chi connectivity index (χ0n) is 8.13. The molecule has 1 aromatic heterocycles. The van der Waals surface area contributed by atoms with E-state index in [2.05, 4.69) is 31.4 Å². The van der Waals surface area contributed by atoms with Crippen LogP contribution in [0.25, 0.3) is 10.1 Å². The first kappa shape index (κ1) is 10.3. The van der Waals surface area contributed by atoms with Gasteiger partial charge in [-0.05, 0) is 41.8 Å². The van der Waals surface area contributed by atoms with Crippen LogP contribution in [0.15, 0.2) is 22.4 Å². The van der Waals surface area contributed by atoms with Crippen molar-refractivity contribution >= 4 is 44.8 Å². The highest BCUT2D eigenvalue weighted by Gasteiger charge is 2.06. The van der Waals surface area contributed by atoms with E-state index in [1.807, 2.05) is 11.3 Å². The van der Waals surface area contributed by atoms with E-state index in [1.54, 1.807) is 11.8 Å². The summed E-state index contributed by atoms with van der Waals surface area (Å²) in [5.41, 5.74) is 2.54. The third kappa shape index (κ3) is 1.79. The lowest BCUT2D eigenvalue weighted by atomic mass is 10.1. The van der Waals surface area contributed by atoms with Crippen LogP contribution in [0.5, 0.6) is 0 Å². The largest absolute Gasteiger partial charge is 0.129 e. The average molecular weight is 243 g/mol. The van der Waals surface area contributed by atoms with Crippen molar-refractivity contribution in [3.63, 3.8) is 0 Å². The molecule has 0 bridgehead atoms. The Kier molecular flexibility index (Phi) is 3.05. The lowest BCUT2D eigenvalue weighted by Crippen LogP contribution is -1.80. The van der Waals surface area contributed by atoms with Crippen molar-refractivity contribution in [1.82, 2.24) is 0 Å². The molecule has 74 valence electrons. The van der Waals surface area contributed by atoms with Gasteiger partial charge < -0.3 is 0 Å². The second-order valence-electron chi connectivity index (χ2n) is 3.24. The third-order valence-electron chi connectivity index (χ3n) is 2.19. The molecule has 3 heteroatoms. The molecular formula is C11H11ClS2. The highest BCUT2D eigenvalue weighted by molar-refractivity contribution is 8.00. The van der Waals surface area contributed by atoms with Gasteiger partial charge in [-0.15, -0.1) is 34.7 Å². The summed E-state index contributed by atoms with van der Waals surface area (Å²) in [5, 5.41) is 1.32. The Morgan fingerprint density at radius 3 is 2.79 bits per heavy atom. The predicted molar refractivity (Wildman–Crippen MR) is 67.9 cm³/mol. The second-order valence-corrected chi connectivity index (χ2v) is 5.70. The van der Waals surface area contributed by atoms with Gasteiger partial charge in [-0.3, -0.25) is 0 Å². The Bertz CT molecular complexity index is 460. The van der Waals surface area contributed by atoms with Crippen LogP contribution in [0.1, 0.15) is 11.1 Å². The maximum atomic E-state index is 5.93. The van der Waals surface area contributed by atoms with E-state index in [4.69, 9.17) is 11.6 Å². The van der Waals surface area contributed by atoms with Gasteiger partial charge >= 0.3 is 0 Å². The summed E-state index contributed by atoms with van der Waals surface area (Å²) < 4.78 is 2.71. The minimum absolute atomic E-state index is 0.600. The van der Waals surface area contributed by atoms with Crippen molar-refractivity contribution in [3.8, 4) is 0 Å². The summed E-state index contributed by atoms with van der Waals surface area (Å²) >= 11 is 9.57. The molecular weight excluding hydrogens is 232 g/mol. The lowest BCUT2D eigenvalue weighted by Gasteiger charge is -1.99. The fourth-order valence-electron chi connectivity index (χ4n) is 1.55. The van der Waals surface area contributed by atoms with Gasteiger partial charge in [0.05, 0.1) is 4.21 Å². The van der Waals surface area contributed by atoms with Crippen molar-refractivity contribution < 1.29 is 0 Å². The molecule has 0 amide bonds.